The average Bonchev–Trinajstić information content (AvgIpc) is 2.76. The van der Waals surface area contributed by atoms with E-state index in [2.05, 4.69) is 15.3 Å². The van der Waals surface area contributed by atoms with Gasteiger partial charge in [0.25, 0.3) is 5.56 Å². The molecule has 0 aliphatic carbocycles. The summed E-state index contributed by atoms with van der Waals surface area (Å²) >= 11 is 0. The van der Waals surface area contributed by atoms with Gasteiger partial charge in [-0.3, -0.25) is 9.59 Å². The minimum absolute atomic E-state index is 0.0249. The second kappa shape index (κ2) is 7.29. The maximum Gasteiger partial charge on any atom is 0.251 e. The van der Waals surface area contributed by atoms with Gasteiger partial charge in [0.15, 0.2) is 0 Å². The van der Waals surface area contributed by atoms with Crippen LogP contribution in [-0.4, -0.2) is 29.0 Å². The highest BCUT2D eigenvalue weighted by molar-refractivity contribution is 5.79. The Labute approximate surface area is 140 Å². The number of hydrogen-bond donors (Lipinski definition) is 2. The third-order valence-corrected chi connectivity index (χ3v) is 4.13. The number of nitrogens with one attached hydrogen (secondary N) is 2. The fourth-order valence-corrected chi connectivity index (χ4v) is 2.94. The second-order valence-electron chi connectivity index (χ2n) is 6.01. The first-order valence-electron chi connectivity index (χ1n) is 8.17. The van der Waals surface area contributed by atoms with Crippen LogP contribution in [0.5, 0.6) is 5.75 Å². The fourth-order valence-electron chi connectivity index (χ4n) is 2.94. The number of aromatic nitrogens is 2. The van der Waals surface area contributed by atoms with Crippen LogP contribution in [0.3, 0.4) is 0 Å². The van der Waals surface area contributed by atoms with Crippen molar-refractivity contribution in [3.63, 3.8) is 0 Å². The van der Waals surface area contributed by atoms with Gasteiger partial charge in [0.1, 0.15) is 11.6 Å². The summed E-state index contributed by atoms with van der Waals surface area (Å²) in [7, 11) is 0. The van der Waals surface area contributed by atoms with Crippen molar-refractivity contribution in [2.24, 2.45) is 5.92 Å². The van der Waals surface area contributed by atoms with Crippen LogP contribution >= 0.6 is 0 Å². The van der Waals surface area contributed by atoms with Crippen molar-refractivity contribution in [1.29, 1.82) is 0 Å². The topological polar surface area (TPSA) is 84.1 Å². The van der Waals surface area contributed by atoms with E-state index in [9.17, 15) is 9.59 Å². The van der Waals surface area contributed by atoms with Crippen LogP contribution in [0.4, 0.5) is 0 Å². The number of aryl methyl sites for hydroxylation is 1. The highest BCUT2D eigenvalue weighted by Gasteiger charge is 2.23. The molecule has 6 heteroatoms. The monoisotopic (exact) mass is 327 g/mol. The number of fused-ring (bicyclic) bond motifs is 1. The molecule has 3 rings (SSSR count). The molecule has 2 N–H and O–H groups in total. The number of para-hydroxylation sites is 1. The van der Waals surface area contributed by atoms with Gasteiger partial charge in [-0.25, -0.2) is 4.98 Å². The molecule has 1 amide bonds. The van der Waals surface area contributed by atoms with Crippen molar-refractivity contribution in [2.75, 3.05) is 13.2 Å². The summed E-state index contributed by atoms with van der Waals surface area (Å²) < 4.78 is 5.70. The Morgan fingerprint density at radius 2 is 2.25 bits per heavy atom. The molecule has 1 aliphatic heterocycles. The Balaban J connectivity index is 1.56. The van der Waals surface area contributed by atoms with Crippen molar-refractivity contribution in [1.82, 2.24) is 15.3 Å². The van der Waals surface area contributed by atoms with Gasteiger partial charge in [-0.05, 0) is 31.4 Å². The lowest BCUT2D eigenvalue weighted by Crippen LogP contribution is -2.33. The first kappa shape index (κ1) is 16.2. The second-order valence-corrected chi connectivity index (χ2v) is 6.01. The Kier molecular flexibility index (Phi) is 4.93. The molecule has 1 aromatic heterocycles. The molecule has 0 radical (unpaired) electrons. The Bertz CT molecular complexity index is 785. The first-order valence-corrected chi connectivity index (χ1v) is 8.17. The molecule has 2 heterocycles. The molecule has 0 spiro atoms. The molecule has 0 fully saturated rings. The molecule has 126 valence electrons. The molecule has 0 bridgehead atoms. The van der Waals surface area contributed by atoms with Gasteiger partial charge in [0.2, 0.25) is 5.91 Å². The largest absolute Gasteiger partial charge is 0.493 e. The minimum Gasteiger partial charge on any atom is -0.493 e. The molecule has 1 aromatic carbocycles. The van der Waals surface area contributed by atoms with Crippen molar-refractivity contribution in [3.8, 4) is 5.75 Å². The van der Waals surface area contributed by atoms with Crippen molar-refractivity contribution >= 4 is 5.91 Å². The molecule has 2 aromatic rings. The number of rotatable bonds is 4. The number of carbonyl (C=O) groups is 1. The van der Waals surface area contributed by atoms with Gasteiger partial charge in [-0.2, -0.15) is 0 Å². The van der Waals surface area contributed by atoms with E-state index < -0.39 is 0 Å². The van der Waals surface area contributed by atoms with E-state index in [0.29, 0.717) is 43.9 Å². The highest BCUT2D eigenvalue weighted by Crippen LogP contribution is 2.26. The zero-order valence-electron chi connectivity index (χ0n) is 13.7. The number of nitrogens with zero attached hydrogens (tertiary/aromatic N) is 1. The van der Waals surface area contributed by atoms with Crippen LogP contribution in [-0.2, 0) is 17.6 Å². The summed E-state index contributed by atoms with van der Waals surface area (Å²) in [6, 6.07) is 9.31. The number of benzene rings is 1. The summed E-state index contributed by atoms with van der Waals surface area (Å²) in [4.78, 5) is 30.7. The van der Waals surface area contributed by atoms with Crippen molar-refractivity contribution in [3.05, 3.63) is 57.8 Å². The lowest BCUT2D eigenvalue weighted by molar-refractivity contribution is -0.125. The number of carbonyl (C=O) groups excluding carboxylic acids is 1. The third-order valence-electron chi connectivity index (χ3n) is 4.13. The Morgan fingerprint density at radius 3 is 3.08 bits per heavy atom. The van der Waals surface area contributed by atoms with E-state index >= 15 is 0 Å². The maximum absolute atomic E-state index is 12.4. The summed E-state index contributed by atoms with van der Waals surface area (Å²) in [5.74, 6) is 1.39. The molecular formula is C18H21N3O3. The molecule has 6 nitrogen and oxygen atoms in total. The van der Waals surface area contributed by atoms with Crippen molar-refractivity contribution in [2.45, 2.75) is 26.2 Å². The molecule has 0 unspecified atom stereocenters. The quantitative estimate of drug-likeness (QED) is 0.888. The summed E-state index contributed by atoms with van der Waals surface area (Å²) in [5.41, 5.74) is 1.59. The van der Waals surface area contributed by atoms with Crippen LogP contribution < -0.4 is 15.6 Å². The summed E-state index contributed by atoms with van der Waals surface area (Å²) in [6.07, 6.45) is 1.92. The van der Waals surface area contributed by atoms with E-state index in [1.807, 2.05) is 24.3 Å². The minimum atomic E-state index is -0.165. The Morgan fingerprint density at radius 1 is 1.42 bits per heavy atom. The lowest BCUT2D eigenvalue weighted by atomic mass is 9.96. The Hall–Kier alpha value is -2.63. The highest BCUT2D eigenvalue weighted by atomic mass is 16.5. The molecule has 24 heavy (non-hydrogen) atoms. The number of aromatic amines is 1. The lowest BCUT2D eigenvalue weighted by Gasteiger charge is -2.13. The average molecular weight is 327 g/mol. The van der Waals surface area contributed by atoms with Crippen LogP contribution in [0.1, 0.15) is 23.5 Å². The van der Waals surface area contributed by atoms with E-state index in [4.69, 9.17) is 4.74 Å². The molecular weight excluding hydrogens is 306 g/mol. The number of amides is 1. The molecule has 0 saturated carbocycles. The van der Waals surface area contributed by atoms with E-state index in [1.54, 1.807) is 6.92 Å². The smallest absolute Gasteiger partial charge is 0.251 e. The van der Waals surface area contributed by atoms with E-state index in [0.717, 1.165) is 11.3 Å². The van der Waals surface area contributed by atoms with Gasteiger partial charge in [0, 0.05) is 30.6 Å². The normalized spacial score (nSPS) is 16.6. The van der Waals surface area contributed by atoms with Gasteiger partial charge in [-0.1, -0.05) is 18.2 Å². The number of ether oxygens (including phenoxy) is 1. The number of H-pyrrole nitrogens is 1. The summed E-state index contributed by atoms with van der Waals surface area (Å²) in [6.45, 7) is 2.75. The van der Waals surface area contributed by atoms with Gasteiger partial charge in [-0.15, -0.1) is 0 Å². The van der Waals surface area contributed by atoms with Gasteiger partial charge >= 0.3 is 0 Å². The predicted molar refractivity (Wildman–Crippen MR) is 90.1 cm³/mol. The van der Waals surface area contributed by atoms with Gasteiger partial charge in [0.05, 0.1) is 6.61 Å². The van der Waals surface area contributed by atoms with Gasteiger partial charge < -0.3 is 15.0 Å². The zero-order valence-corrected chi connectivity index (χ0v) is 13.7. The van der Waals surface area contributed by atoms with Crippen molar-refractivity contribution < 1.29 is 9.53 Å². The van der Waals surface area contributed by atoms with Crippen LogP contribution in [0, 0.1) is 12.8 Å². The first-order chi connectivity index (χ1) is 11.6. The standard InChI is InChI=1S/C18H21N3O3/c1-12-20-15(11-17(22)21-12)6-8-19-18(23)14-7-9-24-16-5-3-2-4-13(16)10-14/h2-5,11,14H,6-10H2,1H3,(H,19,23)(H,20,21,22)/t14-/m0/s1. The van der Waals surface area contributed by atoms with Crippen LogP contribution in [0.15, 0.2) is 35.1 Å². The van der Waals surface area contributed by atoms with Crippen LogP contribution in [0.25, 0.3) is 0 Å². The zero-order chi connectivity index (χ0) is 16.9. The molecule has 1 aliphatic rings. The maximum atomic E-state index is 12.4. The SMILES string of the molecule is Cc1nc(CCNC(=O)[C@H]2CCOc3ccccc3C2)cc(=O)[nH]1. The van der Waals surface area contributed by atoms with E-state index in [1.165, 1.54) is 6.07 Å². The molecule has 1 atom stereocenters. The fraction of sp³-hybridized carbons (Fsp3) is 0.389. The molecule has 0 saturated heterocycles. The van der Waals surface area contributed by atoms with Crippen LogP contribution in [0.2, 0.25) is 0 Å². The predicted octanol–water partition coefficient (Wildman–Crippen LogP) is 1.38. The number of hydrogen-bond acceptors (Lipinski definition) is 4. The third kappa shape index (κ3) is 4.01. The van der Waals surface area contributed by atoms with E-state index in [-0.39, 0.29) is 17.4 Å². The summed E-state index contributed by atoms with van der Waals surface area (Å²) in [5, 5.41) is 2.95.